The van der Waals surface area contributed by atoms with Crippen molar-refractivity contribution in [1.82, 2.24) is 0 Å². The van der Waals surface area contributed by atoms with Gasteiger partial charge in [0.2, 0.25) is 0 Å². The zero-order chi connectivity index (χ0) is 19.8. The predicted octanol–water partition coefficient (Wildman–Crippen LogP) is 2.85. The molecule has 1 N–H and O–H groups in total. The molecule has 7 nitrogen and oxygen atoms in total. The lowest BCUT2D eigenvalue weighted by molar-refractivity contribution is -0.155. The molecule has 0 aliphatic carbocycles. The summed E-state index contributed by atoms with van der Waals surface area (Å²) in [6, 6.07) is 13.2. The van der Waals surface area contributed by atoms with Crippen LogP contribution in [0.15, 0.2) is 48.5 Å². The van der Waals surface area contributed by atoms with E-state index >= 15 is 0 Å². The molecule has 7 heteroatoms. The number of amides is 1. The molecule has 1 atom stereocenters. The van der Waals surface area contributed by atoms with Crippen molar-refractivity contribution in [2.45, 2.75) is 20.0 Å². The summed E-state index contributed by atoms with van der Waals surface area (Å²) in [5, 5.41) is 2.64. The van der Waals surface area contributed by atoms with Crippen molar-refractivity contribution in [1.29, 1.82) is 0 Å². The average Bonchev–Trinajstić information content (AvgIpc) is 2.66. The number of carbonyl (C=O) groups is 3. The first-order chi connectivity index (χ1) is 12.9. The Morgan fingerprint density at radius 1 is 1.04 bits per heavy atom. The topological polar surface area (TPSA) is 90.9 Å². The molecule has 27 heavy (non-hydrogen) atoms. The van der Waals surface area contributed by atoms with Crippen molar-refractivity contribution in [2.24, 2.45) is 0 Å². The summed E-state index contributed by atoms with van der Waals surface area (Å²) in [4.78, 5) is 35.2. The van der Waals surface area contributed by atoms with Crippen LogP contribution in [0.4, 0.5) is 5.69 Å². The molecule has 0 aliphatic rings. The fourth-order valence-electron chi connectivity index (χ4n) is 2.16. The predicted molar refractivity (Wildman–Crippen MR) is 99.1 cm³/mol. The number of carbonyl (C=O) groups excluding carboxylic acids is 3. The minimum atomic E-state index is -0.993. The molecule has 0 bridgehead atoms. The second-order valence-electron chi connectivity index (χ2n) is 5.72. The van der Waals surface area contributed by atoms with Crippen LogP contribution in [0.25, 0.3) is 0 Å². The molecule has 0 heterocycles. The van der Waals surface area contributed by atoms with Gasteiger partial charge in [-0.25, -0.2) is 4.79 Å². The molecule has 0 saturated heterocycles. The number of esters is 1. The Balaban J connectivity index is 1.81. The lowest BCUT2D eigenvalue weighted by Gasteiger charge is -2.14. The first kappa shape index (κ1) is 20.0. The van der Waals surface area contributed by atoms with Crippen LogP contribution in [-0.2, 0) is 14.3 Å². The average molecular weight is 371 g/mol. The normalized spacial score (nSPS) is 11.2. The molecule has 2 aromatic carbocycles. The van der Waals surface area contributed by atoms with Gasteiger partial charge in [0.25, 0.3) is 5.91 Å². The van der Waals surface area contributed by atoms with Crippen molar-refractivity contribution < 1.29 is 28.6 Å². The van der Waals surface area contributed by atoms with Gasteiger partial charge in [-0.3, -0.25) is 9.59 Å². The van der Waals surface area contributed by atoms with Gasteiger partial charge in [-0.1, -0.05) is 6.07 Å². The Morgan fingerprint density at radius 3 is 2.37 bits per heavy atom. The van der Waals surface area contributed by atoms with E-state index in [1.807, 2.05) is 0 Å². The third kappa shape index (κ3) is 6.14. The molecule has 0 fully saturated rings. The standard InChI is InChI=1S/C20H21NO6/c1-13(22)15-7-9-17(10-8-15)26-12-19(23)27-14(2)20(24)21-16-5-4-6-18(11-16)25-3/h4-11,14H,12H2,1-3H3,(H,21,24)/t14-/m0/s1. The second-order valence-corrected chi connectivity index (χ2v) is 5.72. The van der Waals surface area contributed by atoms with Gasteiger partial charge >= 0.3 is 5.97 Å². The summed E-state index contributed by atoms with van der Waals surface area (Å²) in [5.74, 6) is -0.190. The number of rotatable bonds is 8. The Hall–Kier alpha value is -3.35. The van der Waals surface area contributed by atoms with Gasteiger partial charge in [-0.05, 0) is 50.2 Å². The van der Waals surface area contributed by atoms with Crippen LogP contribution in [0.3, 0.4) is 0 Å². The van der Waals surface area contributed by atoms with E-state index in [9.17, 15) is 14.4 Å². The number of anilines is 1. The minimum Gasteiger partial charge on any atom is -0.497 e. The van der Waals surface area contributed by atoms with Gasteiger partial charge in [-0.2, -0.15) is 0 Å². The smallest absolute Gasteiger partial charge is 0.344 e. The maximum atomic E-state index is 12.1. The highest BCUT2D eigenvalue weighted by Crippen LogP contribution is 2.17. The molecule has 142 valence electrons. The Bertz CT molecular complexity index is 815. The summed E-state index contributed by atoms with van der Waals surface area (Å²) in [7, 11) is 1.53. The number of Topliss-reactive ketones (excluding diaryl/α,β-unsaturated/α-hetero) is 1. The molecule has 0 unspecified atom stereocenters. The van der Waals surface area contributed by atoms with E-state index in [0.29, 0.717) is 22.7 Å². The molecule has 0 aromatic heterocycles. The molecule has 2 aromatic rings. The third-order valence-electron chi connectivity index (χ3n) is 3.63. The van der Waals surface area contributed by atoms with Crippen molar-refractivity contribution in [3.63, 3.8) is 0 Å². The molecule has 0 saturated carbocycles. The highest BCUT2D eigenvalue weighted by Gasteiger charge is 2.18. The Kier molecular flexibility index (Phi) is 6.93. The first-order valence-corrected chi connectivity index (χ1v) is 8.27. The van der Waals surface area contributed by atoms with E-state index in [0.717, 1.165) is 0 Å². The number of hydrogen-bond acceptors (Lipinski definition) is 6. The van der Waals surface area contributed by atoms with Crippen molar-refractivity contribution in [3.8, 4) is 11.5 Å². The van der Waals surface area contributed by atoms with E-state index in [1.54, 1.807) is 48.5 Å². The monoisotopic (exact) mass is 371 g/mol. The van der Waals surface area contributed by atoms with Gasteiger partial charge in [0.1, 0.15) is 11.5 Å². The summed E-state index contributed by atoms with van der Waals surface area (Å²) < 4.78 is 15.4. The summed E-state index contributed by atoms with van der Waals surface area (Å²) >= 11 is 0. The van der Waals surface area contributed by atoms with Crippen LogP contribution in [0.5, 0.6) is 11.5 Å². The van der Waals surface area contributed by atoms with Crippen LogP contribution in [0.1, 0.15) is 24.2 Å². The largest absolute Gasteiger partial charge is 0.497 e. The fraction of sp³-hybridized carbons (Fsp3) is 0.250. The molecular formula is C20H21NO6. The highest BCUT2D eigenvalue weighted by atomic mass is 16.6. The van der Waals surface area contributed by atoms with E-state index in [2.05, 4.69) is 5.32 Å². The van der Waals surface area contributed by atoms with Gasteiger partial charge in [0, 0.05) is 17.3 Å². The molecule has 0 spiro atoms. The number of benzene rings is 2. The Morgan fingerprint density at radius 2 is 1.74 bits per heavy atom. The van der Waals surface area contributed by atoms with Gasteiger partial charge in [0.15, 0.2) is 18.5 Å². The lowest BCUT2D eigenvalue weighted by atomic mass is 10.1. The van der Waals surface area contributed by atoms with Crippen LogP contribution >= 0.6 is 0 Å². The maximum absolute atomic E-state index is 12.1. The highest BCUT2D eigenvalue weighted by molar-refractivity contribution is 5.95. The van der Waals surface area contributed by atoms with Gasteiger partial charge < -0.3 is 19.5 Å². The van der Waals surface area contributed by atoms with Gasteiger partial charge in [-0.15, -0.1) is 0 Å². The lowest BCUT2D eigenvalue weighted by Crippen LogP contribution is -2.31. The summed E-state index contributed by atoms with van der Waals surface area (Å²) in [6.07, 6.45) is -0.993. The molecule has 0 radical (unpaired) electrons. The molecule has 1 amide bonds. The van der Waals surface area contributed by atoms with E-state index < -0.39 is 18.0 Å². The Labute approximate surface area is 157 Å². The minimum absolute atomic E-state index is 0.0585. The van der Waals surface area contributed by atoms with Gasteiger partial charge in [0.05, 0.1) is 7.11 Å². The number of methoxy groups -OCH3 is 1. The van der Waals surface area contributed by atoms with Crippen molar-refractivity contribution in [2.75, 3.05) is 19.0 Å². The quantitative estimate of drug-likeness (QED) is 0.567. The zero-order valence-electron chi connectivity index (χ0n) is 15.4. The first-order valence-electron chi connectivity index (χ1n) is 8.27. The number of ketones is 1. The number of nitrogens with one attached hydrogen (secondary N) is 1. The number of hydrogen-bond donors (Lipinski definition) is 1. The van der Waals surface area contributed by atoms with Crippen LogP contribution in [0, 0.1) is 0 Å². The molecule has 0 aliphatic heterocycles. The van der Waals surface area contributed by atoms with Crippen LogP contribution in [-0.4, -0.2) is 37.5 Å². The van der Waals surface area contributed by atoms with E-state index in [1.165, 1.54) is 21.0 Å². The molecular weight excluding hydrogens is 350 g/mol. The van der Waals surface area contributed by atoms with E-state index in [4.69, 9.17) is 14.2 Å². The third-order valence-corrected chi connectivity index (χ3v) is 3.63. The fourth-order valence-corrected chi connectivity index (χ4v) is 2.16. The van der Waals surface area contributed by atoms with Crippen molar-refractivity contribution in [3.05, 3.63) is 54.1 Å². The maximum Gasteiger partial charge on any atom is 0.344 e. The van der Waals surface area contributed by atoms with Crippen molar-refractivity contribution >= 4 is 23.3 Å². The second kappa shape index (κ2) is 9.38. The van der Waals surface area contributed by atoms with Crippen LogP contribution < -0.4 is 14.8 Å². The summed E-state index contributed by atoms with van der Waals surface area (Å²) in [6.45, 7) is 2.58. The van der Waals surface area contributed by atoms with Crippen LogP contribution in [0.2, 0.25) is 0 Å². The summed E-state index contributed by atoms with van der Waals surface area (Å²) in [5.41, 5.74) is 1.08. The van der Waals surface area contributed by atoms with E-state index in [-0.39, 0.29) is 12.4 Å². The zero-order valence-corrected chi connectivity index (χ0v) is 15.4. The molecule has 2 rings (SSSR count). The number of ether oxygens (including phenoxy) is 3. The SMILES string of the molecule is COc1cccc(NC(=O)[C@H](C)OC(=O)COc2ccc(C(C)=O)cc2)c1.